The van der Waals surface area contributed by atoms with Crippen molar-refractivity contribution in [3.63, 3.8) is 0 Å². The first-order valence-corrected chi connectivity index (χ1v) is 7.22. The maximum Gasteiger partial charge on any atom is 0.163 e. The van der Waals surface area contributed by atoms with Crippen LogP contribution >= 0.6 is 0 Å². The van der Waals surface area contributed by atoms with Gasteiger partial charge < -0.3 is 14.5 Å². The fraction of sp³-hybridized carbons (Fsp3) is 0.235. The van der Waals surface area contributed by atoms with E-state index in [0.717, 1.165) is 40.3 Å². The molecule has 4 rings (SSSR count). The van der Waals surface area contributed by atoms with E-state index in [1.165, 1.54) is 5.56 Å². The van der Waals surface area contributed by atoms with Gasteiger partial charge in [0.1, 0.15) is 19.0 Å². The van der Waals surface area contributed by atoms with Gasteiger partial charge in [-0.15, -0.1) is 0 Å². The number of H-pyrrole nitrogens is 1. The van der Waals surface area contributed by atoms with E-state index in [1.807, 2.05) is 12.1 Å². The normalized spacial score (nSPS) is 13.6. The lowest BCUT2D eigenvalue weighted by Gasteiger charge is -2.17. The molecule has 0 aliphatic carbocycles. The van der Waals surface area contributed by atoms with Crippen LogP contribution in [0.5, 0.6) is 11.5 Å². The first kappa shape index (κ1) is 12.3. The second-order valence-corrected chi connectivity index (χ2v) is 5.15. The number of hydrogen-bond donors (Lipinski definition) is 1. The molecular weight excluding hydrogens is 264 g/mol. The summed E-state index contributed by atoms with van der Waals surface area (Å²) in [7, 11) is 0. The van der Waals surface area contributed by atoms with E-state index >= 15 is 0 Å². The Hall–Kier alpha value is -2.49. The Morgan fingerprint density at radius 2 is 1.76 bits per heavy atom. The largest absolute Gasteiger partial charge is 0.486 e. The summed E-state index contributed by atoms with van der Waals surface area (Å²) in [5, 5.41) is 0. The number of aromatic amines is 1. The highest BCUT2D eigenvalue weighted by Gasteiger charge is 2.15. The minimum Gasteiger partial charge on any atom is -0.486 e. The molecule has 106 valence electrons. The summed E-state index contributed by atoms with van der Waals surface area (Å²) in [6.07, 6.45) is 1.04. The number of benzene rings is 2. The van der Waals surface area contributed by atoms with E-state index in [4.69, 9.17) is 9.47 Å². The Bertz CT molecular complexity index is 747. The van der Waals surface area contributed by atoms with Crippen LogP contribution in [-0.2, 0) is 6.42 Å². The van der Waals surface area contributed by atoms with Crippen molar-refractivity contribution in [3.05, 3.63) is 42.0 Å². The third kappa shape index (κ3) is 2.13. The molecule has 2 heterocycles. The highest BCUT2D eigenvalue weighted by Crippen LogP contribution is 2.34. The van der Waals surface area contributed by atoms with Gasteiger partial charge in [-0.2, -0.15) is 0 Å². The molecule has 0 atom stereocenters. The van der Waals surface area contributed by atoms with Gasteiger partial charge in [0.15, 0.2) is 11.5 Å². The second kappa shape index (κ2) is 4.81. The molecule has 4 nitrogen and oxygen atoms in total. The van der Waals surface area contributed by atoms with Gasteiger partial charge in [-0.25, -0.2) is 4.98 Å². The van der Waals surface area contributed by atoms with E-state index in [1.54, 1.807) is 0 Å². The summed E-state index contributed by atoms with van der Waals surface area (Å²) < 4.78 is 11.2. The fourth-order valence-corrected chi connectivity index (χ4v) is 2.58. The summed E-state index contributed by atoms with van der Waals surface area (Å²) in [5.74, 6) is 2.42. The van der Waals surface area contributed by atoms with Crippen molar-refractivity contribution in [1.82, 2.24) is 9.97 Å². The van der Waals surface area contributed by atoms with Crippen molar-refractivity contribution >= 4 is 11.0 Å². The number of ether oxygens (including phenoxy) is 2. The minimum atomic E-state index is 0.592. The maximum atomic E-state index is 5.60. The predicted molar refractivity (Wildman–Crippen MR) is 81.9 cm³/mol. The highest BCUT2D eigenvalue weighted by atomic mass is 16.6. The van der Waals surface area contributed by atoms with Gasteiger partial charge in [-0.3, -0.25) is 0 Å². The Kier molecular flexibility index (Phi) is 2.81. The number of nitrogens with zero attached hydrogens (tertiary/aromatic N) is 1. The number of fused-ring (bicyclic) bond motifs is 2. The average molecular weight is 280 g/mol. The van der Waals surface area contributed by atoms with Crippen molar-refractivity contribution in [1.29, 1.82) is 0 Å². The third-order valence-corrected chi connectivity index (χ3v) is 3.78. The van der Waals surface area contributed by atoms with E-state index < -0.39 is 0 Å². The van der Waals surface area contributed by atoms with Crippen molar-refractivity contribution in [2.75, 3.05) is 13.2 Å². The van der Waals surface area contributed by atoms with Crippen LogP contribution < -0.4 is 9.47 Å². The molecule has 0 saturated heterocycles. The Morgan fingerprint density at radius 3 is 2.48 bits per heavy atom. The first-order chi connectivity index (χ1) is 10.3. The number of hydrogen-bond acceptors (Lipinski definition) is 3. The van der Waals surface area contributed by atoms with Crippen LogP contribution in [0, 0.1) is 0 Å². The lowest BCUT2D eigenvalue weighted by molar-refractivity contribution is 0.172. The van der Waals surface area contributed by atoms with Crippen LogP contribution in [0.4, 0.5) is 0 Å². The smallest absolute Gasteiger partial charge is 0.163 e. The quantitative estimate of drug-likeness (QED) is 0.780. The van der Waals surface area contributed by atoms with E-state index in [2.05, 4.69) is 41.2 Å². The van der Waals surface area contributed by atoms with Crippen molar-refractivity contribution in [3.8, 4) is 22.9 Å². The van der Waals surface area contributed by atoms with Gasteiger partial charge in [0.2, 0.25) is 0 Å². The highest BCUT2D eigenvalue weighted by molar-refractivity contribution is 5.83. The predicted octanol–water partition coefficient (Wildman–Crippen LogP) is 3.56. The number of imidazole rings is 1. The van der Waals surface area contributed by atoms with Gasteiger partial charge in [-0.1, -0.05) is 31.2 Å². The summed E-state index contributed by atoms with van der Waals surface area (Å²) in [5.41, 5.74) is 4.28. The molecule has 0 unspecified atom stereocenters. The van der Waals surface area contributed by atoms with E-state index in [9.17, 15) is 0 Å². The molecule has 1 aliphatic rings. The molecule has 1 aliphatic heterocycles. The number of nitrogens with one attached hydrogen (secondary N) is 1. The molecule has 0 spiro atoms. The Labute approximate surface area is 122 Å². The molecule has 1 aromatic heterocycles. The Balaban J connectivity index is 1.78. The van der Waals surface area contributed by atoms with Crippen molar-refractivity contribution in [2.45, 2.75) is 13.3 Å². The lowest BCUT2D eigenvalue weighted by Crippen LogP contribution is -2.15. The molecule has 0 bridgehead atoms. The molecular formula is C17H16N2O2. The summed E-state index contributed by atoms with van der Waals surface area (Å²) in [4.78, 5) is 8.01. The van der Waals surface area contributed by atoms with Gasteiger partial charge in [0, 0.05) is 17.7 Å². The second-order valence-electron chi connectivity index (χ2n) is 5.15. The molecule has 0 radical (unpaired) electrons. The number of aromatic nitrogens is 2. The third-order valence-electron chi connectivity index (χ3n) is 3.78. The number of aryl methyl sites for hydroxylation is 1. The lowest BCUT2D eigenvalue weighted by atomic mass is 10.1. The van der Waals surface area contributed by atoms with Crippen LogP contribution in [0.15, 0.2) is 36.4 Å². The van der Waals surface area contributed by atoms with Crippen molar-refractivity contribution < 1.29 is 9.47 Å². The molecule has 2 aromatic carbocycles. The maximum absolute atomic E-state index is 5.60. The zero-order valence-corrected chi connectivity index (χ0v) is 11.8. The monoisotopic (exact) mass is 280 g/mol. The molecule has 0 fully saturated rings. The van der Waals surface area contributed by atoms with Crippen LogP contribution in [0.3, 0.4) is 0 Å². The summed E-state index contributed by atoms with van der Waals surface area (Å²) in [6, 6.07) is 12.4. The first-order valence-electron chi connectivity index (χ1n) is 7.22. The SMILES string of the molecule is CCc1ccc(-c2nc3cc4c(cc3[nH]2)OCCO4)cc1. The van der Waals surface area contributed by atoms with Crippen LogP contribution in [0.1, 0.15) is 12.5 Å². The topological polar surface area (TPSA) is 47.1 Å². The molecule has 0 saturated carbocycles. The van der Waals surface area contributed by atoms with E-state index in [0.29, 0.717) is 13.2 Å². The summed E-state index contributed by atoms with van der Waals surface area (Å²) >= 11 is 0. The number of rotatable bonds is 2. The van der Waals surface area contributed by atoms with E-state index in [-0.39, 0.29) is 0 Å². The standard InChI is InChI=1S/C17H16N2O2/c1-2-11-3-5-12(6-4-11)17-18-13-9-15-16(10-14(13)19-17)21-8-7-20-15/h3-6,9-10H,2,7-8H2,1H3,(H,18,19). The van der Waals surface area contributed by atoms with Gasteiger partial charge in [0.25, 0.3) is 0 Å². The fourth-order valence-electron chi connectivity index (χ4n) is 2.58. The molecule has 3 aromatic rings. The van der Waals surface area contributed by atoms with Crippen LogP contribution in [-0.4, -0.2) is 23.2 Å². The van der Waals surface area contributed by atoms with Crippen molar-refractivity contribution in [2.24, 2.45) is 0 Å². The molecule has 21 heavy (non-hydrogen) atoms. The van der Waals surface area contributed by atoms with Gasteiger partial charge in [0.05, 0.1) is 11.0 Å². The van der Waals surface area contributed by atoms with Gasteiger partial charge >= 0.3 is 0 Å². The zero-order valence-electron chi connectivity index (χ0n) is 11.8. The zero-order chi connectivity index (χ0) is 14.2. The van der Waals surface area contributed by atoms with Gasteiger partial charge in [-0.05, 0) is 12.0 Å². The molecule has 0 amide bonds. The minimum absolute atomic E-state index is 0.592. The summed E-state index contributed by atoms with van der Waals surface area (Å²) in [6.45, 7) is 3.34. The molecule has 1 N–H and O–H groups in total. The van der Waals surface area contributed by atoms with Crippen LogP contribution in [0.25, 0.3) is 22.4 Å². The Morgan fingerprint density at radius 1 is 1.05 bits per heavy atom. The van der Waals surface area contributed by atoms with Crippen LogP contribution in [0.2, 0.25) is 0 Å². The average Bonchev–Trinajstić information content (AvgIpc) is 2.95. The molecule has 4 heteroatoms.